The second kappa shape index (κ2) is 5.27. The van der Waals surface area contributed by atoms with Gasteiger partial charge in [-0.15, -0.1) is 0 Å². The number of benzene rings is 1. The number of carboxylic acids is 1. The van der Waals surface area contributed by atoms with Crippen molar-refractivity contribution in [3.05, 3.63) is 30.1 Å². The summed E-state index contributed by atoms with van der Waals surface area (Å²) < 4.78 is 2.12. The van der Waals surface area contributed by atoms with Crippen LogP contribution >= 0.6 is 0 Å². The molecular formula is C16H20N2O2. The summed E-state index contributed by atoms with van der Waals surface area (Å²) in [5.41, 5.74) is 1.93. The number of hydrogen-bond acceptors (Lipinski definition) is 2. The number of para-hydroxylation sites is 1. The van der Waals surface area contributed by atoms with Crippen molar-refractivity contribution in [3.8, 4) is 0 Å². The first-order valence-electron chi connectivity index (χ1n) is 7.41. The van der Waals surface area contributed by atoms with Crippen LogP contribution in [0.2, 0.25) is 0 Å². The number of rotatable bonds is 3. The number of hydrogen-bond donors (Lipinski definition) is 1. The average Bonchev–Trinajstić information content (AvgIpc) is 2.90. The highest BCUT2D eigenvalue weighted by Gasteiger charge is 2.27. The predicted molar refractivity (Wildman–Crippen MR) is 78.0 cm³/mol. The number of aromatic nitrogens is 2. The number of fused-ring (bicyclic) bond motifs is 1. The Bertz CT molecular complexity index is 632. The van der Waals surface area contributed by atoms with Crippen LogP contribution in [0.4, 0.5) is 0 Å². The first-order valence-corrected chi connectivity index (χ1v) is 7.41. The van der Waals surface area contributed by atoms with E-state index < -0.39 is 5.97 Å². The lowest BCUT2D eigenvalue weighted by atomic mass is 9.82. The summed E-state index contributed by atoms with van der Waals surface area (Å²) in [6.07, 6.45) is 7.83. The van der Waals surface area contributed by atoms with Crippen LogP contribution in [-0.2, 0) is 0 Å². The Balaban J connectivity index is 2.13. The van der Waals surface area contributed by atoms with Crippen LogP contribution in [-0.4, -0.2) is 20.6 Å². The SMILES string of the molecule is CCC1CCCCC1n1cnc2cccc(C(=O)O)c21. The van der Waals surface area contributed by atoms with Gasteiger partial charge in [-0.3, -0.25) is 0 Å². The molecule has 0 radical (unpaired) electrons. The molecular weight excluding hydrogens is 252 g/mol. The normalized spacial score (nSPS) is 23.1. The van der Waals surface area contributed by atoms with Crippen molar-refractivity contribution in [2.24, 2.45) is 5.92 Å². The van der Waals surface area contributed by atoms with Gasteiger partial charge in [0.2, 0.25) is 0 Å². The lowest BCUT2D eigenvalue weighted by Gasteiger charge is -2.32. The monoisotopic (exact) mass is 272 g/mol. The Hall–Kier alpha value is -1.84. The van der Waals surface area contributed by atoms with Gasteiger partial charge in [0.15, 0.2) is 0 Å². The molecule has 1 aromatic carbocycles. The van der Waals surface area contributed by atoms with Crippen molar-refractivity contribution in [3.63, 3.8) is 0 Å². The number of aromatic carboxylic acids is 1. The molecule has 106 valence electrons. The van der Waals surface area contributed by atoms with Crippen molar-refractivity contribution >= 4 is 17.0 Å². The van der Waals surface area contributed by atoms with E-state index in [-0.39, 0.29) is 0 Å². The molecule has 2 unspecified atom stereocenters. The average molecular weight is 272 g/mol. The molecule has 1 aliphatic carbocycles. The van der Waals surface area contributed by atoms with Crippen molar-refractivity contribution in [1.29, 1.82) is 0 Å². The minimum atomic E-state index is -0.874. The molecule has 1 aromatic heterocycles. The van der Waals surface area contributed by atoms with Gasteiger partial charge in [-0.05, 0) is 30.9 Å². The van der Waals surface area contributed by atoms with Crippen LogP contribution in [0.3, 0.4) is 0 Å². The van der Waals surface area contributed by atoms with Gasteiger partial charge in [-0.2, -0.15) is 0 Å². The number of imidazole rings is 1. The second-order valence-electron chi connectivity index (χ2n) is 5.65. The zero-order valence-electron chi connectivity index (χ0n) is 11.7. The maximum Gasteiger partial charge on any atom is 0.337 e. The zero-order chi connectivity index (χ0) is 14.1. The quantitative estimate of drug-likeness (QED) is 0.922. The molecule has 0 aliphatic heterocycles. The van der Waals surface area contributed by atoms with E-state index in [1.54, 1.807) is 12.1 Å². The standard InChI is InChI=1S/C16H20N2O2/c1-2-11-6-3-4-9-14(11)18-10-17-13-8-5-7-12(15(13)18)16(19)20/h5,7-8,10-11,14H,2-4,6,9H2,1H3,(H,19,20). The van der Waals surface area contributed by atoms with Crippen LogP contribution in [0, 0.1) is 5.92 Å². The topological polar surface area (TPSA) is 55.1 Å². The molecule has 0 bridgehead atoms. The Labute approximate surface area is 118 Å². The minimum Gasteiger partial charge on any atom is -0.478 e. The van der Waals surface area contributed by atoms with Crippen LogP contribution in [0.15, 0.2) is 24.5 Å². The molecule has 2 atom stereocenters. The summed E-state index contributed by atoms with van der Waals surface area (Å²) in [7, 11) is 0. The summed E-state index contributed by atoms with van der Waals surface area (Å²) in [6, 6.07) is 5.72. The molecule has 0 spiro atoms. The molecule has 2 aromatic rings. The number of carbonyl (C=O) groups is 1. The van der Waals surface area contributed by atoms with E-state index in [1.165, 1.54) is 19.3 Å². The Morgan fingerprint density at radius 1 is 1.40 bits per heavy atom. The molecule has 20 heavy (non-hydrogen) atoms. The summed E-state index contributed by atoms with van der Waals surface area (Å²) >= 11 is 0. The molecule has 0 saturated heterocycles. The molecule has 3 rings (SSSR count). The lowest BCUT2D eigenvalue weighted by molar-refractivity contribution is 0.0698. The predicted octanol–water partition coefficient (Wildman–Crippen LogP) is 3.88. The molecule has 1 heterocycles. The fourth-order valence-electron chi connectivity index (χ4n) is 3.54. The highest BCUT2D eigenvalue weighted by molar-refractivity contribution is 6.01. The Kier molecular flexibility index (Phi) is 3.47. The van der Waals surface area contributed by atoms with Crippen molar-refractivity contribution in [2.45, 2.75) is 45.1 Å². The van der Waals surface area contributed by atoms with E-state index in [0.29, 0.717) is 17.5 Å². The summed E-state index contributed by atoms with van der Waals surface area (Å²) in [6.45, 7) is 2.22. The zero-order valence-corrected chi connectivity index (χ0v) is 11.7. The van der Waals surface area contributed by atoms with Gasteiger partial charge in [0, 0.05) is 6.04 Å². The molecule has 4 nitrogen and oxygen atoms in total. The largest absolute Gasteiger partial charge is 0.478 e. The highest BCUT2D eigenvalue weighted by atomic mass is 16.4. The van der Waals surface area contributed by atoms with Crippen molar-refractivity contribution < 1.29 is 9.90 Å². The lowest BCUT2D eigenvalue weighted by Crippen LogP contribution is -2.22. The van der Waals surface area contributed by atoms with Gasteiger partial charge >= 0.3 is 5.97 Å². The van der Waals surface area contributed by atoms with Gasteiger partial charge in [-0.1, -0.05) is 32.3 Å². The maximum absolute atomic E-state index is 11.5. The van der Waals surface area contributed by atoms with Crippen molar-refractivity contribution in [1.82, 2.24) is 9.55 Å². The van der Waals surface area contributed by atoms with Gasteiger partial charge in [0.25, 0.3) is 0 Å². The third-order valence-electron chi connectivity index (χ3n) is 4.58. The van der Waals surface area contributed by atoms with Crippen LogP contribution in [0.25, 0.3) is 11.0 Å². The Morgan fingerprint density at radius 3 is 2.95 bits per heavy atom. The third-order valence-corrected chi connectivity index (χ3v) is 4.58. The maximum atomic E-state index is 11.5. The number of nitrogens with zero attached hydrogens (tertiary/aromatic N) is 2. The molecule has 1 fully saturated rings. The van der Waals surface area contributed by atoms with Gasteiger partial charge in [-0.25, -0.2) is 9.78 Å². The number of carboxylic acid groups (broad SMARTS) is 1. The fraction of sp³-hybridized carbons (Fsp3) is 0.500. The summed E-state index contributed by atoms with van der Waals surface area (Å²) in [5, 5.41) is 9.41. The van der Waals surface area contributed by atoms with E-state index in [1.807, 2.05) is 12.4 Å². The molecule has 1 aliphatic rings. The Morgan fingerprint density at radius 2 is 2.20 bits per heavy atom. The van der Waals surface area contributed by atoms with Gasteiger partial charge < -0.3 is 9.67 Å². The second-order valence-corrected chi connectivity index (χ2v) is 5.65. The molecule has 1 N–H and O–H groups in total. The first-order chi connectivity index (χ1) is 9.72. The van der Waals surface area contributed by atoms with Gasteiger partial charge in [0.1, 0.15) is 0 Å². The fourth-order valence-corrected chi connectivity index (χ4v) is 3.54. The van der Waals surface area contributed by atoms with E-state index in [4.69, 9.17) is 0 Å². The highest BCUT2D eigenvalue weighted by Crippen LogP contribution is 2.38. The van der Waals surface area contributed by atoms with E-state index in [2.05, 4.69) is 16.5 Å². The van der Waals surface area contributed by atoms with E-state index in [0.717, 1.165) is 23.9 Å². The molecule has 1 saturated carbocycles. The third kappa shape index (κ3) is 2.09. The van der Waals surface area contributed by atoms with Gasteiger partial charge in [0.05, 0.1) is 22.9 Å². The summed E-state index contributed by atoms with van der Waals surface area (Å²) in [5.74, 6) is -0.246. The first kappa shape index (κ1) is 13.2. The smallest absolute Gasteiger partial charge is 0.337 e. The van der Waals surface area contributed by atoms with Crippen LogP contribution in [0.5, 0.6) is 0 Å². The van der Waals surface area contributed by atoms with E-state index >= 15 is 0 Å². The minimum absolute atomic E-state index is 0.362. The van der Waals surface area contributed by atoms with Crippen LogP contribution < -0.4 is 0 Å². The summed E-state index contributed by atoms with van der Waals surface area (Å²) in [4.78, 5) is 15.9. The van der Waals surface area contributed by atoms with E-state index in [9.17, 15) is 9.90 Å². The molecule has 4 heteroatoms. The van der Waals surface area contributed by atoms with Crippen LogP contribution in [0.1, 0.15) is 55.4 Å². The van der Waals surface area contributed by atoms with Crippen molar-refractivity contribution in [2.75, 3.05) is 0 Å². The molecule has 0 amide bonds.